The molecule has 0 aliphatic rings. The molecule has 0 saturated heterocycles. The summed E-state index contributed by atoms with van der Waals surface area (Å²) in [6.45, 7) is 12.7. The van der Waals surface area contributed by atoms with E-state index in [-0.39, 0.29) is 11.7 Å². The number of ketones is 1. The molecule has 0 radical (unpaired) electrons. The molecule has 0 saturated carbocycles. The highest BCUT2D eigenvalue weighted by Gasteiger charge is 2.18. The fourth-order valence-corrected chi connectivity index (χ4v) is 2.14. The summed E-state index contributed by atoms with van der Waals surface area (Å²) in [5.74, 6) is 0.312. The van der Waals surface area contributed by atoms with E-state index in [2.05, 4.69) is 56.7 Å². The number of hydrazone groups is 1. The molecule has 22 heavy (non-hydrogen) atoms. The first kappa shape index (κ1) is 18.1. The van der Waals surface area contributed by atoms with Gasteiger partial charge in [0.2, 0.25) is 0 Å². The molecule has 3 heteroatoms. The van der Waals surface area contributed by atoms with Crippen LogP contribution in [-0.2, 0) is 11.3 Å². The van der Waals surface area contributed by atoms with Gasteiger partial charge in [-0.05, 0) is 25.3 Å². The van der Waals surface area contributed by atoms with Gasteiger partial charge in [-0.25, -0.2) is 0 Å². The van der Waals surface area contributed by atoms with Crippen LogP contribution in [0, 0.1) is 12.8 Å². The Bertz CT molecular complexity index is 517. The Morgan fingerprint density at radius 2 is 1.95 bits per heavy atom. The van der Waals surface area contributed by atoms with Gasteiger partial charge in [0.05, 0.1) is 6.54 Å². The summed E-state index contributed by atoms with van der Waals surface area (Å²) >= 11 is 0. The molecule has 0 fully saturated rings. The van der Waals surface area contributed by atoms with E-state index in [1.54, 1.807) is 11.2 Å². The van der Waals surface area contributed by atoms with Gasteiger partial charge in [-0.15, -0.1) is 0 Å². The SMILES string of the molecule is C=CN(Cc1ccc(C)cc1)/N=C(/C(=O)CCC)C(C)CC. The van der Waals surface area contributed by atoms with Crippen molar-refractivity contribution in [2.24, 2.45) is 11.0 Å². The zero-order chi connectivity index (χ0) is 16.5. The molecule has 0 aliphatic carbocycles. The fourth-order valence-electron chi connectivity index (χ4n) is 2.14. The van der Waals surface area contributed by atoms with E-state index in [1.165, 1.54) is 5.56 Å². The van der Waals surface area contributed by atoms with Gasteiger partial charge in [-0.2, -0.15) is 5.10 Å². The van der Waals surface area contributed by atoms with Crippen LogP contribution >= 0.6 is 0 Å². The smallest absolute Gasteiger partial charge is 0.179 e. The van der Waals surface area contributed by atoms with E-state index in [1.807, 2.05) is 6.92 Å². The first-order valence-electron chi connectivity index (χ1n) is 8.08. The van der Waals surface area contributed by atoms with Gasteiger partial charge < -0.3 is 0 Å². The summed E-state index contributed by atoms with van der Waals surface area (Å²) in [5.41, 5.74) is 3.05. The second-order valence-corrected chi connectivity index (χ2v) is 5.73. The monoisotopic (exact) mass is 300 g/mol. The predicted octanol–water partition coefficient (Wildman–Crippen LogP) is 4.71. The highest BCUT2D eigenvalue weighted by Crippen LogP contribution is 2.12. The molecule has 1 rings (SSSR count). The number of hydrogen-bond acceptors (Lipinski definition) is 3. The lowest BCUT2D eigenvalue weighted by atomic mass is 9.97. The molecule has 0 heterocycles. The van der Waals surface area contributed by atoms with Crippen LogP contribution in [0.25, 0.3) is 0 Å². The maximum absolute atomic E-state index is 12.3. The van der Waals surface area contributed by atoms with Crippen LogP contribution in [0.2, 0.25) is 0 Å². The summed E-state index contributed by atoms with van der Waals surface area (Å²) in [4.78, 5) is 12.3. The third-order valence-electron chi connectivity index (χ3n) is 3.75. The van der Waals surface area contributed by atoms with Crippen LogP contribution in [0.1, 0.15) is 51.2 Å². The molecular weight excluding hydrogens is 272 g/mol. The second-order valence-electron chi connectivity index (χ2n) is 5.73. The van der Waals surface area contributed by atoms with Gasteiger partial charge in [0, 0.05) is 18.5 Å². The van der Waals surface area contributed by atoms with Crippen molar-refractivity contribution in [3.8, 4) is 0 Å². The highest BCUT2D eigenvalue weighted by atomic mass is 16.1. The van der Waals surface area contributed by atoms with Crippen molar-refractivity contribution in [2.75, 3.05) is 0 Å². The first-order chi connectivity index (χ1) is 10.5. The van der Waals surface area contributed by atoms with Crippen molar-refractivity contribution in [3.05, 3.63) is 48.2 Å². The van der Waals surface area contributed by atoms with Gasteiger partial charge in [0.1, 0.15) is 5.71 Å². The Balaban J connectivity index is 2.95. The standard InChI is InChI=1S/C19H28N2O/c1-6-9-18(22)19(16(5)7-2)20-21(8-3)14-17-12-10-15(4)11-13-17/h8,10-13,16H,3,6-7,9,14H2,1-2,4-5H3/b20-19+. The Kier molecular flexibility index (Phi) is 7.58. The fraction of sp³-hybridized carbons (Fsp3) is 0.474. The van der Waals surface area contributed by atoms with Gasteiger partial charge >= 0.3 is 0 Å². The van der Waals surface area contributed by atoms with Gasteiger partial charge in [-0.1, -0.05) is 57.2 Å². The van der Waals surface area contributed by atoms with E-state index in [4.69, 9.17) is 0 Å². The number of rotatable bonds is 9. The van der Waals surface area contributed by atoms with Crippen molar-refractivity contribution in [1.82, 2.24) is 5.01 Å². The van der Waals surface area contributed by atoms with Crippen LogP contribution < -0.4 is 0 Å². The molecule has 0 aromatic heterocycles. The number of hydrogen-bond donors (Lipinski definition) is 0. The van der Waals surface area contributed by atoms with Gasteiger partial charge in [0.25, 0.3) is 0 Å². The lowest BCUT2D eigenvalue weighted by Gasteiger charge is -2.19. The number of Topliss-reactive ketones (excluding diaryl/α,β-unsaturated/α-hetero) is 1. The summed E-state index contributed by atoms with van der Waals surface area (Å²) in [7, 11) is 0. The van der Waals surface area contributed by atoms with Crippen LogP contribution in [0.4, 0.5) is 0 Å². The quantitative estimate of drug-likeness (QED) is 0.488. The highest BCUT2D eigenvalue weighted by molar-refractivity contribution is 6.40. The number of nitrogens with zero attached hydrogens (tertiary/aromatic N) is 2. The average molecular weight is 300 g/mol. The van der Waals surface area contributed by atoms with E-state index >= 15 is 0 Å². The minimum absolute atomic E-state index is 0.146. The Hall–Kier alpha value is -1.90. The largest absolute Gasteiger partial charge is 0.293 e. The van der Waals surface area contributed by atoms with Gasteiger partial charge in [0.15, 0.2) is 5.78 Å². The molecule has 0 bridgehead atoms. The normalized spacial score (nSPS) is 12.8. The third-order valence-corrected chi connectivity index (χ3v) is 3.75. The molecule has 1 aromatic carbocycles. The molecule has 0 N–H and O–H groups in total. The first-order valence-corrected chi connectivity index (χ1v) is 8.08. The minimum Gasteiger partial charge on any atom is -0.293 e. The van der Waals surface area contributed by atoms with E-state index < -0.39 is 0 Å². The molecule has 3 nitrogen and oxygen atoms in total. The molecule has 1 atom stereocenters. The minimum atomic E-state index is 0.146. The van der Waals surface area contributed by atoms with Crippen molar-refractivity contribution in [3.63, 3.8) is 0 Å². The zero-order valence-corrected chi connectivity index (χ0v) is 14.3. The van der Waals surface area contributed by atoms with E-state index in [0.717, 1.165) is 18.4 Å². The topological polar surface area (TPSA) is 32.7 Å². The molecule has 1 unspecified atom stereocenters. The van der Waals surface area contributed by atoms with Crippen molar-refractivity contribution in [2.45, 2.75) is 53.5 Å². The molecule has 120 valence electrons. The lowest BCUT2D eigenvalue weighted by molar-refractivity contribution is -0.113. The van der Waals surface area contributed by atoms with Crippen LogP contribution in [0.15, 0.2) is 42.1 Å². The molecule has 0 aliphatic heterocycles. The Labute approximate surface area is 134 Å². The maximum atomic E-state index is 12.3. The summed E-state index contributed by atoms with van der Waals surface area (Å²) in [5, 5.41) is 6.35. The third kappa shape index (κ3) is 5.47. The number of carbonyl (C=O) groups excluding carboxylic acids is 1. The zero-order valence-electron chi connectivity index (χ0n) is 14.3. The lowest BCUT2D eigenvalue weighted by Crippen LogP contribution is -2.25. The summed E-state index contributed by atoms with van der Waals surface area (Å²) < 4.78 is 0. The van der Waals surface area contributed by atoms with Crippen LogP contribution in [0.3, 0.4) is 0 Å². The molecular formula is C19H28N2O. The van der Waals surface area contributed by atoms with Crippen molar-refractivity contribution in [1.29, 1.82) is 0 Å². The van der Waals surface area contributed by atoms with Gasteiger partial charge in [-0.3, -0.25) is 9.80 Å². The molecule has 0 spiro atoms. The van der Waals surface area contributed by atoms with Crippen molar-refractivity contribution < 1.29 is 4.79 Å². The van der Waals surface area contributed by atoms with Crippen molar-refractivity contribution >= 4 is 11.5 Å². The Morgan fingerprint density at radius 1 is 1.32 bits per heavy atom. The second kappa shape index (κ2) is 9.19. The number of benzene rings is 1. The van der Waals surface area contributed by atoms with Crippen LogP contribution in [0.5, 0.6) is 0 Å². The number of aryl methyl sites for hydroxylation is 1. The summed E-state index contributed by atoms with van der Waals surface area (Å²) in [6.07, 6.45) is 3.99. The average Bonchev–Trinajstić information content (AvgIpc) is 2.52. The van der Waals surface area contributed by atoms with Crippen LogP contribution in [-0.4, -0.2) is 16.5 Å². The molecule has 0 amide bonds. The van der Waals surface area contributed by atoms with E-state index in [0.29, 0.717) is 18.7 Å². The maximum Gasteiger partial charge on any atom is 0.179 e. The number of carbonyl (C=O) groups is 1. The molecule has 1 aromatic rings. The summed E-state index contributed by atoms with van der Waals surface area (Å²) in [6, 6.07) is 8.33. The predicted molar refractivity (Wildman–Crippen MR) is 93.7 cm³/mol. The van der Waals surface area contributed by atoms with E-state index in [9.17, 15) is 4.79 Å². The Morgan fingerprint density at radius 3 is 2.45 bits per heavy atom.